The highest BCUT2D eigenvalue weighted by molar-refractivity contribution is 7.11. The first-order valence-corrected chi connectivity index (χ1v) is 4.53. The van der Waals surface area contributed by atoms with Crippen molar-refractivity contribution in [2.75, 3.05) is 0 Å². The van der Waals surface area contributed by atoms with Crippen molar-refractivity contribution in [2.24, 2.45) is 0 Å². The zero-order chi connectivity index (χ0) is 9.35. The molecule has 0 aromatic carbocycles. The zero-order valence-corrected chi connectivity index (χ0v) is 8.20. The Morgan fingerprint density at radius 3 is 2.42 bits per heavy atom. The number of hydrogen-bond donors (Lipinski definition) is 1. The van der Waals surface area contributed by atoms with Gasteiger partial charge >= 0.3 is 0 Å². The standard InChI is InChI=1S/C9H11NOS/c1-9(2,3)8-7(10-4)6(11)5-12-8/h5,11H,1-3H3. The molecule has 1 rings (SSSR count). The van der Waals surface area contributed by atoms with Crippen molar-refractivity contribution < 1.29 is 5.11 Å². The summed E-state index contributed by atoms with van der Waals surface area (Å²) < 4.78 is 0. The van der Waals surface area contributed by atoms with Gasteiger partial charge in [0.1, 0.15) is 5.75 Å². The van der Waals surface area contributed by atoms with Gasteiger partial charge in [-0.1, -0.05) is 20.8 Å². The van der Waals surface area contributed by atoms with Gasteiger partial charge in [0.2, 0.25) is 5.69 Å². The summed E-state index contributed by atoms with van der Waals surface area (Å²) >= 11 is 1.44. The average Bonchev–Trinajstić information content (AvgIpc) is 2.29. The highest BCUT2D eigenvalue weighted by Crippen LogP contribution is 2.43. The molecule has 0 saturated carbocycles. The highest BCUT2D eigenvalue weighted by atomic mass is 32.1. The van der Waals surface area contributed by atoms with E-state index in [9.17, 15) is 5.11 Å². The predicted molar refractivity (Wildman–Crippen MR) is 50.9 cm³/mol. The third-order valence-electron chi connectivity index (χ3n) is 1.54. The molecule has 3 heteroatoms. The summed E-state index contributed by atoms with van der Waals surface area (Å²) in [5.74, 6) is 0.111. The second kappa shape index (κ2) is 2.80. The fraction of sp³-hybridized carbons (Fsp3) is 0.444. The molecule has 1 aromatic heterocycles. The molecule has 0 radical (unpaired) electrons. The summed E-state index contributed by atoms with van der Waals surface area (Å²) in [4.78, 5) is 4.26. The van der Waals surface area contributed by atoms with Gasteiger partial charge in [0.25, 0.3) is 0 Å². The molecular formula is C9H11NOS. The maximum Gasteiger partial charge on any atom is 0.242 e. The van der Waals surface area contributed by atoms with E-state index in [1.54, 1.807) is 5.38 Å². The predicted octanol–water partition coefficient (Wildman–Crippen LogP) is 3.30. The van der Waals surface area contributed by atoms with Crippen LogP contribution in [0.1, 0.15) is 25.6 Å². The summed E-state index contributed by atoms with van der Waals surface area (Å²) in [6.45, 7) is 13.0. The number of rotatable bonds is 0. The summed E-state index contributed by atoms with van der Waals surface area (Å²) in [7, 11) is 0. The molecule has 1 N–H and O–H groups in total. The van der Waals surface area contributed by atoms with Crippen LogP contribution in [0.5, 0.6) is 5.75 Å². The number of thiophene rings is 1. The first kappa shape index (κ1) is 9.08. The molecule has 0 atom stereocenters. The van der Waals surface area contributed by atoms with Crippen molar-refractivity contribution in [1.29, 1.82) is 0 Å². The maximum atomic E-state index is 9.29. The van der Waals surface area contributed by atoms with Crippen LogP contribution in [0.3, 0.4) is 0 Å². The minimum absolute atomic E-state index is 0.0501. The lowest BCUT2D eigenvalue weighted by Crippen LogP contribution is -2.08. The molecule has 0 aliphatic rings. The lowest BCUT2D eigenvalue weighted by atomic mass is 9.93. The van der Waals surface area contributed by atoms with Gasteiger partial charge < -0.3 is 5.11 Å². The largest absolute Gasteiger partial charge is 0.518 e. The van der Waals surface area contributed by atoms with E-state index < -0.39 is 0 Å². The SMILES string of the molecule is [C-]#[N+]c1c(O)csc1C(C)(C)C. The van der Waals surface area contributed by atoms with Gasteiger partial charge in [-0.3, -0.25) is 0 Å². The van der Waals surface area contributed by atoms with E-state index in [0.717, 1.165) is 4.88 Å². The minimum atomic E-state index is -0.0501. The molecule has 0 saturated heterocycles. The van der Waals surface area contributed by atoms with E-state index in [4.69, 9.17) is 6.57 Å². The van der Waals surface area contributed by atoms with Crippen LogP contribution in [0.15, 0.2) is 5.38 Å². The summed E-state index contributed by atoms with van der Waals surface area (Å²) in [6, 6.07) is 0. The van der Waals surface area contributed by atoms with Crippen molar-refractivity contribution in [3.8, 4) is 5.75 Å². The van der Waals surface area contributed by atoms with E-state index in [1.165, 1.54) is 11.3 Å². The highest BCUT2D eigenvalue weighted by Gasteiger charge is 2.22. The van der Waals surface area contributed by atoms with Gasteiger partial charge in [-0.05, 0) is 5.41 Å². The summed E-state index contributed by atoms with van der Waals surface area (Å²) in [6.07, 6.45) is 0. The molecule has 12 heavy (non-hydrogen) atoms. The molecule has 0 bridgehead atoms. The first-order chi connectivity index (χ1) is 5.46. The van der Waals surface area contributed by atoms with Gasteiger partial charge in [0, 0.05) is 10.3 Å². The van der Waals surface area contributed by atoms with Crippen molar-refractivity contribution in [3.63, 3.8) is 0 Å². The molecule has 0 amide bonds. The van der Waals surface area contributed by atoms with Crippen LogP contribution in [-0.2, 0) is 5.41 Å². The topological polar surface area (TPSA) is 24.6 Å². The Balaban J connectivity index is 3.28. The molecule has 1 aromatic rings. The average molecular weight is 181 g/mol. The van der Waals surface area contributed by atoms with Gasteiger partial charge in [0.05, 0.1) is 6.57 Å². The molecule has 0 fully saturated rings. The first-order valence-electron chi connectivity index (χ1n) is 3.65. The fourth-order valence-electron chi connectivity index (χ4n) is 0.983. The minimum Gasteiger partial charge on any atom is -0.518 e. The zero-order valence-electron chi connectivity index (χ0n) is 7.38. The van der Waals surface area contributed by atoms with Crippen molar-refractivity contribution >= 4 is 17.0 Å². The molecule has 0 aliphatic carbocycles. The quantitative estimate of drug-likeness (QED) is 0.610. The van der Waals surface area contributed by atoms with Crippen molar-refractivity contribution in [1.82, 2.24) is 0 Å². The van der Waals surface area contributed by atoms with Gasteiger partial charge in [-0.2, -0.15) is 11.3 Å². The molecule has 0 unspecified atom stereocenters. The Kier molecular flexibility index (Phi) is 2.12. The van der Waals surface area contributed by atoms with Crippen LogP contribution in [0.4, 0.5) is 5.69 Å². The van der Waals surface area contributed by atoms with E-state index in [-0.39, 0.29) is 11.2 Å². The van der Waals surface area contributed by atoms with Crippen molar-refractivity contribution in [2.45, 2.75) is 26.2 Å². The van der Waals surface area contributed by atoms with Crippen LogP contribution >= 0.6 is 11.3 Å². The van der Waals surface area contributed by atoms with Crippen LogP contribution in [0.2, 0.25) is 0 Å². The third-order valence-corrected chi connectivity index (χ3v) is 2.92. The molecule has 64 valence electrons. The lowest BCUT2D eigenvalue weighted by Gasteiger charge is -2.16. The normalized spacial score (nSPS) is 11.2. The second-order valence-electron chi connectivity index (χ2n) is 3.66. The van der Waals surface area contributed by atoms with E-state index in [0.29, 0.717) is 5.69 Å². The monoisotopic (exact) mass is 181 g/mol. The Hall–Kier alpha value is -1.01. The fourth-order valence-corrected chi connectivity index (χ4v) is 1.94. The molecule has 1 heterocycles. The summed E-state index contributed by atoms with van der Waals surface area (Å²) in [5.41, 5.74) is 0.360. The lowest BCUT2D eigenvalue weighted by molar-refractivity contribution is 0.479. The molecule has 0 aliphatic heterocycles. The smallest absolute Gasteiger partial charge is 0.242 e. The van der Waals surface area contributed by atoms with Crippen molar-refractivity contribution in [3.05, 3.63) is 21.7 Å². The Morgan fingerprint density at radius 1 is 1.50 bits per heavy atom. The maximum absolute atomic E-state index is 9.29. The Bertz CT molecular complexity index is 327. The Labute approximate surface area is 76.3 Å². The Morgan fingerprint density at radius 2 is 2.08 bits per heavy atom. The van der Waals surface area contributed by atoms with E-state index in [1.807, 2.05) is 20.8 Å². The van der Waals surface area contributed by atoms with Crippen LogP contribution < -0.4 is 0 Å². The van der Waals surface area contributed by atoms with Gasteiger partial charge in [-0.15, -0.1) is 0 Å². The second-order valence-corrected chi connectivity index (χ2v) is 4.54. The number of hydrogen-bond acceptors (Lipinski definition) is 2. The number of nitrogens with zero attached hydrogens (tertiary/aromatic N) is 1. The van der Waals surface area contributed by atoms with Crippen LogP contribution in [0.25, 0.3) is 4.85 Å². The van der Waals surface area contributed by atoms with Crippen LogP contribution in [0, 0.1) is 6.57 Å². The summed E-state index contributed by atoms with van der Waals surface area (Å²) in [5, 5.41) is 10.9. The van der Waals surface area contributed by atoms with E-state index in [2.05, 4.69) is 4.85 Å². The third kappa shape index (κ3) is 1.44. The van der Waals surface area contributed by atoms with Gasteiger partial charge in [0.15, 0.2) is 0 Å². The van der Waals surface area contributed by atoms with E-state index >= 15 is 0 Å². The number of aromatic hydroxyl groups is 1. The van der Waals surface area contributed by atoms with Crippen LogP contribution in [-0.4, -0.2) is 5.11 Å². The molecular weight excluding hydrogens is 170 g/mol. The van der Waals surface area contributed by atoms with Gasteiger partial charge in [-0.25, -0.2) is 4.85 Å². The molecule has 0 spiro atoms. The molecule has 2 nitrogen and oxygen atoms in total.